The monoisotopic (exact) mass is 473 g/mol. The fourth-order valence-electron chi connectivity index (χ4n) is 6.27. The maximum atomic E-state index is 13.8. The Morgan fingerprint density at radius 1 is 1.09 bits per heavy atom. The standard InChI is InChI=1S/C23H18Cl2FN3O3/c1-10-13(24)6-5-12-19(10)27-22(32)23(12)18-17(16-3-2-8-28(16)23)20(30)29(21(18)31)11-4-7-15(26)14(25)9-11/h4-7,9,16-18H,2-3,8H2,1H3,(H,27,32)/t16-,17-,18-,23+/m1/s1. The van der Waals surface area contributed by atoms with Gasteiger partial charge >= 0.3 is 0 Å². The molecule has 3 fully saturated rings. The first-order valence-electron chi connectivity index (χ1n) is 10.5. The zero-order valence-electron chi connectivity index (χ0n) is 17.0. The largest absolute Gasteiger partial charge is 0.324 e. The van der Waals surface area contributed by atoms with Gasteiger partial charge in [0.15, 0.2) is 0 Å². The lowest BCUT2D eigenvalue weighted by Crippen LogP contribution is -2.54. The predicted molar refractivity (Wildman–Crippen MR) is 117 cm³/mol. The van der Waals surface area contributed by atoms with Gasteiger partial charge in [0.2, 0.25) is 17.7 Å². The van der Waals surface area contributed by atoms with E-state index >= 15 is 0 Å². The lowest BCUT2D eigenvalue weighted by atomic mass is 9.75. The molecule has 0 saturated carbocycles. The number of rotatable bonds is 1. The predicted octanol–water partition coefficient (Wildman–Crippen LogP) is 3.87. The van der Waals surface area contributed by atoms with Gasteiger partial charge in [-0.2, -0.15) is 0 Å². The third-order valence-electron chi connectivity index (χ3n) is 7.52. The van der Waals surface area contributed by atoms with E-state index in [2.05, 4.69) is 5.32 Å². The van der Waals surface area contributed by atoms with Crippen molar-refractivity contribution < 1.29 is 18.8 Å². The molecule has 6 nitrogen and oxygen atoms in total. The lowest BCUT2D eigenvalue weighted by Gasteiger charge is -2.36. The Hall–Kier alpha value is -2.48. The smallest absolute Gasteiger partial charge is 0.250 e. The summed E-state index contributed by atoms with van der Waals surface area (Å²) in [6.07, 6.45) is 1.55. The summed E-state index contributed by atoms with van der Waals surface area (Å²) < 4.78 is 13.7. The van der Waals surface area contributed by atoms with Gasteiger partial charge in [0, 0.05) is 16.6 Å². The number of imide groups is 1. The van der Waals surface area contributed by atoms with Crippen LogP contribution in [0.2, 0.25) is 10.0 Å². The van der Waals surface area contributed by atoms with Crippen LogP contribution in [-0.2, 0) is 19.9 Å². The summed E-state index contributed by atoms with van der Waals surface area (Å²) in [5.74, 6) is -3.33. The molecule has 3 amide bonds. The normalized spacial score (nSPS) is 30.8. The van der Waals surface area contributed by atoms with E-state index < -0.39 is 29.1 Å². The minimum atomic E-state index is -1.28. The highest BCUT2D eigenvalue weighted by molar-refractivity contribution is 6.33. The fourth-order valence-corrected chi connectivity index (χ4v) is 6.60. The van der Waals surface area contributed by atoms with Crippen LogP contribution in [0, 0.1) is 24.6 Å². The number of carbonyl (C=O) groups excluding carboxylic acids is 3. The molecule has 32 heavy (non-hydrogen) atoms. The van der Waals surface area contributed by atoms with Crippen molar-refractivity contribution >= 4 is 52.3 Å². The molecule has 164 valence electrons. The zero-order valence-corrected chi connectivity index (χ0v) is 18.5. The van der Waals surface area contributed by atoms with Crippen molar-refractivity contribution in [3.63, 3.8) is 0 Å². The van der Waals surface area contributed by atoms with Gasteiger partial charge in [0.1, 0.15) is 11.4 Å². The molecule has 9 heteroatoms. The van der Waals surface area contributed by atoms with Crippen LogP contribution < -0.4 is 10.2 Å². The topological polar surface area (TPSA) is 69.7 Å². The van der Waals surface area contributed by atoms with Gasteiger partial charge in [0.05, 0.1) is 28.2 Å². The number of fused-ring (bicyclic) bond motifs is 7. The number of halogens is 3. The third-order valence-corrected chi connectivity index (χ3v) is 8.22. The van der Waals surface area contributed by atoms with Crippen molar-refractivity contribution in [2.24, 2.45) is 11.8 Å². The van der Waals surface area contributed by atoms with Crippen LogP contribution >= 0.6 is 23.2 Å². The van der Waals surface area contributed by atoms with Gasteiger partial charge in [-0.1, -0.05) is 29.3 Å². The second kappa shape index (κ2) is 6.53. The van der Waals surface area contributed by atoms with E-state index in [1.54, 1.807) is 12.1 Å². The van der Waals surface area contributed by atoms with Crippen molar-refractivity contribution in [3.05, 3.63) is 57.3 Å². The summed E-state index contributed by atoms with van der Waals surface area (Å²) in [5, 5.41) is 3.30. The number of anilines is 2. The number of hydrogen-bond acceptors (Lipinski definition) is 4. The van der Waals surface area contributed by atoms with Crippen molar-refractivity contribution in [1.29, 1.82) is 0 Å². The molecule has 3 saturated heterocycles. The molecule has 1 spiro atoms. The molecule has 0 unspecified atom stereocenters. The molecule has 4 aliphatic heterocycles. The number of benzene rings is 2. The highest BCUT2D eigenvalue weighted by Crippen LogP contribution is 2.61. The van der Waals surface area contributed by atoms with E-state index in [0.717, 1.165) is 29.4 Å². The third kappa shape index (κ3) is 2.21. The minimum Gasteiger partial charge on any atom is -0.324 e. The maximum absolute atomic E-state index is 13.8. The van der Waals surface area contributed by atoms with Crippen molar-refractivity contribution in [2.75, 3.05) is 16.8 Å². The molecule has 1 N–H and O–H groups in total. The Bertz CT molecular complexity index is 1250. The van der Waals surface area contributed by atoms with Gasteiger partial charge in [-0.15, -0.1) is 0 Å². The number of amides is 3. The van der Waals surface area contributed by atoms with Crippen LogP contribution in [0.4, 0.5) is 15.8 Å². The number of carbonyl (C=O) groups is 3. The van der Waals surface area contributed by atoms with Crippen molar-refractivity contribution in [1.82, 2.24) is 4.90 Å². The summed E-state index contributed by atoms with van der Waals surface area (Å²) in [4.78, 5) is 44.2. The Morgan fingerprint density at radius 3 is 2.62 bits per heavy atom. The quantitative estimate of drug-likeness (QED) is 0.638. The number of nitrogens with one attached hydrogen (secondary N) is 1. The molecule has 0 radical (unpaired) electrons. The van der Waals surface area contributed by atoms with Crippen LogP contribution in [0.1, 0.15) is 24.0 Å². The average molecular weight is 474 g/mol. The molecule has 2 aromatic rings. The van der Waals surface area contributed by atoms with Crippen LogP contribution in [0.15, 0.2) is 30.3 Å². The zero-order chi connectivity index (χ0) is 22.5. The molecule has 4 atom stereocenters. The SMILES string of the molecule is Cc1c(Cl)ccc2c1NC(=O)[C@@]21[C@H]2C(=O)N(c3ccc(F)c(Cl)c3)C(=O)[C@@H]2[C@H]2CCCN21. The first kappa shape index (κ1) is 20.1. The van der Waals surface area contributed by atoms with E-state index in [0.29, 0.717) is 22.8 Å². The molecular weight excluding hydrogens is 456 g/mol. The Labute approximate surface area is 193 Å². The van der Waals surface area contributed by atoms with E-state index in [-0.39, 0.29) is 28.6 Å². The van der Waals surface area contributed by atoms with E-state index in [1.165, 1.54) is 12.1 Å². The highest BCUT2D eigenvalue weighted by Gasteiger charge is 2.74. The average Bonchev–Trinajstić information content (AvgIpc) is 3.46. The van der Waals surface area contributed by atoms with E-state index in [1.807, 2.05) is 11.8 Å². The van der Waals surface area contributed by atoms with Crippen LogP contribution in [0.3, 0.4) is 0 Å². The van der Waals surface area contributed by atoms with Crippen LogP contribution in [-0.4, -0.2) is 35.2 Å². The fraction of sp³-hybridized carbons (Fsp3) is 0.348. The van der Waals surface area contributed by atoms with E-state index in [9.17, 15) is 18.8 Å². The molecule has 2 aromatic carbocycles. The van der Waals surface area contributed by atoms with E-state index in [4.69, 9.17) is 23.2 Å². The molecular formula is C23H18Cl2FN3O3. The van der Waals surface area contributed by atoms with Crippen molar-refractivity contribution in [3.8, 4) is 0 Å². The Morgan fingerprint density at radius 2 is 1.88 bits per heavy atom. The number of nitrogens with zero attached hydrogens (tertiary/aromatic N) is 2. The molecule has 0 aromatic heterocycles. The van der Waals surface area contributed by atoms with Gasteiger partial charge in [-0.05, 0) is 56.1 Å². The summed E-state index contributed by atoms with van der Waals surface area (Å²) in [6, 6.07) is 7.06. The summed E-state index contributed by atoms with van der Waals surface area (Å²) in [7, 11) is 0. The molecule has 4 heterocycles. The molecule has 4 aliphatic rings. The second-order valence-corrected chi connectivity index (χ2v) is 9.65. The molecule has 0 aliphatic carbocycles. The first-order chi connectivity index (χ1) is 15.3. The lowest BCUT2D eigenvalue weighted by molar-refractivity contribution is -0.135. The maximum Gasteiger partial charge on any atom is 0.250 e. The van der Waals surface area contributed by atoms with Gasteiger partial charge in [-0.3, -0.25) is 19.3 Å². The molecule has 0 bridgehead atoms. The highest BCUT2D eigenvalue weighted by atomic mass is 35.5. The van der Waals surface area contributed by atoms with Gasteiger partial charge in [0.25, 0.3) is 0 Å². The Balaban J connectivity index is 1.56. The summed E-state index contributed by atoms with van der Waals surface area (Å²) in [5.41, 5.74) is 0.960. The first-order valence-corrected chi connectivity index (χ1v) is 11.2. The van der Waals surface area contributed by atoms with Crippen LogP contribution in [0.25, 0.3) is 0 Å². The minimum absolute atomic E-state index is 0.174. The number of hydrogen-bond donors (Lipinski definition) is 1. The summed E-state index contributed by atoms with van der Waals surface area (Å²) >= 11 is 12.2. The van der Waals surface area contributed by atoms with Crippen LogP contribution in [0.5, 0.6) is 0 Å². The Kier molecular flexibility index (Phi) is 4.11. The van der Waals surface area contributed by atoms with Gasteiger partial charge in [-0.25, -0.2) is 9.29 Å². The molecule has 6 rings (SSSR count). The van der Waals surface area contributed by atoms with Crippen molar-refractivity contribution in [2.45, 2.75) is 31.3 Å². The second-order valence-electron chi connectivity index (χ2n) is 8.83. The summed E-state index contributed by atoms with van der Waals surface area (Å²) in [6.45, 7) is 2.44. The van der Waals surface area contributed by atoms with Gasteiger partial charge < -0.3 is 5.32 Å².